The van der Waals surface area contributed by atoms with Crippen LogP contribution in [0, 0.1) is 5.92 Å². The van der Waals surface area contributed by atoms with Crippen molar-refractivity contribution in [3.05, 3.63) is 34.7 Å². The minimum atomic E-state index is -0.314. The summed E-state index contributed by atoms with van der Waals surface area (Å²) >= 11 is 1.39. The van der Waals surface area contributed by atoms with Crippen molar-refractivity contribution in [2.45, 2.75) is 31.6 Å². The van der Waals surface area contributed by atoms with E-state index in [-0.39, 0.29) is 17.7 Å². The van der Waals surface area contributed by atoms with E-state index in [1.807, 2.05) is 31.2 Å². The van der Waals surface area contributed by atoms with Gasteiger partial charge in [-0.15, -0.1) is 0 Å². The third-order valence-corrected chi connectivity index (χ3v) is 4.87. The molecule has 1 aliphatic carbocycles. The molecule has 1 aromatic carbocycles. The van der Waals surface area contributed by atoms with Gasteiger partial charge in [-0.25, -0.2) is 0 Å². The summed E-state index contributed by atoms with van der Waals surface area (Å²) in [5, 5.41) is 0. The number of carbonyl (C=O) groups is 2. The lowest BCUT2D eigenvalue weighted by atomic mass is 9.88. The fraction of sp³-hybridized carbons (Fsp3) is 0.412. The second-order valence-corrected chi connectivity index (χ2v) is 6.14. The van der Waals surface area contributed by atoms with Gasteiger partial charge in [0.15, 0.2) is 5.78 Å². The number of hydrogen-bond acceptors (Lipinski definition) is 5. The van der Waals surface area contributed by atoms with Crippen molar-refractivity contribution in [3.8, 4) is 5.75 Å². The van der Waals surface area contributed by atoms with E-state index in [9.17, 15) is 9.59 Å². The van der Waals surface area contributed by atoms with E-state index in [0.717, 1.165) is 16.2 Å². The number of benzene rings is 1. The number of hydrogen-bond donors (Lipinski definition) is 0. The Labute approximate surface area is 134 Å². The van der Waals surface area contributed by atoms with E-state index in [2.05, 4.69) is 0 Å². The van der Waals surface area contributed by atoms with E-state index in [1.165, 1.54) is 11.8 Å². The van der Waals surface area contributed by atoms with Gasteiger partial charge in [0.1, 0.15) is 5.75 Å². The van der Waals surface area contributed by atoms with Crippen LogP contribution < -0.4 is 4.74 Å². The number of Topliss-reactive ketones (excluding diaryl/α,β-unsaturated/α-hetero) is 1. The first kappa shape index (κ1) is 16.6. The summed E-state index contributed by atoms with van der Waals surface area (Å²) in [6.07, 6.45) is 0.915. The number of ether oxygens (including phenoxy) is 2. The molecule has 1 aromatic rings. The van der Waals surface area contributed by atoms with E-state index in [4.69, 9.17) is 9.47 Å². The maximum atomic E-state index is 12.2. The van der Waals surface area contributed by atoms with Crippen molar-refractivity contribution in [1.29, 1.82) is 0 Å². The molecule has 0 amide bonds. The van der Waals surface area contributed by atoms with Crippen LogP contribution in [0.2, 0.25) is 0 Å². The highest BCUT2D eigenvalue weighted by atomic mass is 32.2. The van der Waals surface area contributed by atoms with Gasteiger partial charge in [-0.3, -0.25) is 9.59 Å². The van der Waals surface area contributed by atoms with Gasteiger partial charge in [0, 0.05) is 11.3 Å². The molecule has 0 spiro atoms. The van der Waals surface area contributed by atoms with Crippen molar-refractivity contribution in [1.82, 2.24) is 0 Å². The van der Waals surface area contributed by atoms with Gasteiger partial charge in [-0.1, -0.05) is 17.8 Å². The molecular weight excluding hydrogens is 300 g/mol. The number of ketones is 1. The zero-order valence-electron chi connectivity index (χ0n) is 13.0. The van der Waals surface area contributed by atoms with Crippen LogP contribution in [-0.4, -0.2) is 25.5 Å². The molecule has 0 saturated heterocycles. The van der Waals surface area contributed by atoms with Gasteiger partial charge < -0.3 is 9.47 Å². The molecule has 1 aliphatic rings. The summed E-state index contributed by atoms with van der Waals surface area (Å²) in [6.45, 7) is 3.99. The molecule has 0 aromatic heterocycles. The Morgan fingerprint density at radius 2 is 2.18 bits per heavy atom. The molecule has 0 heterocycles. The molecule has 0 fully saturated rings. The van der Waals surface area contributed by atoms with E-state index in [0.29, 0.717) is 24.4 Å². The van der Waals surface area contributed by atoms with Crippen LogP contribution >= 0.6 is 11.8 Å². The lowest BCUT2D eigenvalue weighted by Gasteiger charge is -2.23. The first-order chi connectivity index (χ1) is 10.6. The third-order valence-electron chi connectivity index (χ3n) is 3.63. The Morgan fingerprint density at radius 3 is 2.86 bits per heavy atom. The van der Waals surface area contributed by atoms with Crippen LogP contribution in [0.3, 0.4) is 0 Å². The van der Waals surface area contributed by atoms with Crippen LogP contribution in [0.25, 0.3) is 0 Å². The number of esters is 1. The number of rotatable bonds is 5. The molecule has 0 radical (unpaired) electrons. The molecule has 4 nitrogen and oxygen atoms in total. The Bertz CT molecular complexity index is 606. The normalized spacial score (nSPS) is 18.3. The lowest BCUT2D eigenvalue weighted by molar-refractivity contribution is -0.147. The Hall–Kier alpha value is -1.75. The molecular formula is C17H20O4S. The topological polar surface area (TPSA) is 52.6 Å². The predicted molar refractivity (Wildman–Crippen MR) is 85.9 cm³/mol. The monoisotopic (exact) mass is 320 g/mol. The maximum absolute atomic E-state index is 12.2. The molecule has 0 saturated carbocycles. The molecule has 1 atom stereocenters. The molecule has 0 N–H and O–H groups in total. The van der Waals surface area contributed by atoms with Crippen LogP contribution in [0.4, 0.5) is 0 Å². The lowest BCUT2D eigenvalue weighted by Crippen LogP contribution is -2.25. The summed E-state index contributed by atoms with van der Waals surface area (Å²) in [4.78, 5) is 25.8. The van der Waals surface area contributed by atoms with Crippen LogP contribution in [-0.2, 0) is 14.3 Å². The van der Waals surface area contributed by atoms with Crippen molar-refractivity contribution in [2.75, 3.05) is 13.7 Å². The number of methoxy groups -OCH3 is 1. The van der Waals surface area contributed by atoms with Crippen molar-refractivity contribution < 1.29 is 19.1 Å². The number of carbonyl (C=O) groups excluding carboxylic acids is 2. The van der Waals surface area contributed by atoms with Crippen molar-refractivity contribution in [2.24, 2.45) is 5.92 Å². The third kappa shape index (κ3) is 3.71. The van der Waals surface area contributed by atoms with E-state index in [1.54, 1.807) is 14.0 Å². The van der Waals surface area contributed by atoms with Gasteiger partial charge in [0.25, 0.3) is 0 Å². The first-order valence-corrected chi connectivity index (χ1v) is 8.11. The fourth-order valence-electron chi connectivity index (χ4n) is 2.44. The van der Waals surface area contributed by atoms with Crippen LogP contribution in [0.5, 0.6) is 5.75 Å². The summed E-state index contributed by atoms with van der Waals surface area (Å²) < 4.78 is 10.3. The van der Waals surface area contributed by atoms with Crippen molar-refractivity contribution in [3.63, 3.8) is 0 Å². The molecule has 5 heteroatoms. The molecule has 2 rings (SSSR count). The predicted octanol–water partition coefficient (Wildman–Crippen LogP) is 3.60. The van der Waals surface area contributed by atoms with Gasteiger partial charge in [0.2, 0.25) is 0 Å². The van der Waals surface area contributed by atoms with Crippen molar-refractivity contribution >= 4 is 23.5 Å². The van der Waals surface area contributed by atoms with E-state index >= 15 is 0 Å². The quantitative estimate of drug-likeness (QED) is 0.776. The number of thioether (sulfide) groups is 1. The highest BCUT2D eigenvalue weighted by molar-refractivity contribution is 8.04. The first-order valence-electron chi connectivity index (χ1n) is 7.29. The fourth-order valence-corrected chi connectivity index (χ4v) is 3.52. The summed E-state index contributed by atoms with van der Waals surface area (Å²) in [7, 11) is 1.61. The van der Waals surface area contributed by atoms with Crippen LogP contribution in [0.15, 0.2) is 39.6 Å². The summed E-state index contributed by atoms with van der Waals surface area (Å²) in [5.74, 6) is 0.279. The maximum Gasteiger partial charge on any atom is 0.313 e. The van der Waals surface area contributed by atoms with Gasteiger partial charge in [-0.05, 0) is 44.0 Å². The molecule has 1 unspecified atom stereocenters. The Kier molecular flexibility index (Phi) is 5.66. The zero-order chi connectivity index (χ0) is 16.1. The summed E-state index contributed by atoms with van der Waals surface area (Å²) in [6, 6.07) is 7.55. The Balaban J connectivity index is 2.26. The molecule has 0 aliphatic heterocycles. The SMILES string of the molecule is CCOC(=O)C1CCC(=O)C(Sc2cccc(OC)c2)=C1C. The molecule has 22 heavy (non-hydrogen) atoms. The second-order valence-electron chi connectivity index (χ2n) is 5.06. The minimum absolute atomic E-state index is 0.0888. The number of allylic oxidation sites excluding steroid dienone is 1. The highest BCUT2D eigenvalue weighted by Gasteiger charge is 2.32. The highest BCUT2D eigenvalue weighted by Crippen LogP contribution is 2.39. The molecule has 0 bridgehead atoms. The summed E-state index contributed by atoms with van der Waals surface area (Å²) in [5.41, 5.74) is 0.808. The van der Waals surface area contributed by atoms with E-state index < -0.39 is 0 Å². The largest absolute Gasteiger partial charge is 0.497 e. The second kappa shape index (κ2) is 7.49. The average Bonchev–Trinajstić information content (AvgIpc) is 2.52. The van der Waals surface area contributed by atoms with Gasteiger partial charge in [-0.2, -0.15) is 0 Å². The van der Waals surface area contributed by atoms with Gasteiger partial charge >= 0.3 is 5.97 Å². The molecule has 118 valence electrons. The standard InChI is InChI=1S/C17H20O4S/c1-4-21-17(19)14-8-9-15(18)16(11(14)2)22-13-7-5-6-12(10-13)20-3/h5-7,10,14H,4,8-9H2,1-3H3. The average molecular weight is 320 g/mol. The van der Waals surface area contributed by atoms with Crippen LogP contribution in [0.1, 0.15) is 26.7 Å². The van der Waals surface area contributed by atoms with Gasteiger partial charge in [0.05, 0.1) is 24.5 Å². The smallest absolute Gasteiger partial charge is 0.313 e. The Morgan fingerprint density at radius 1 is 1.41 bits per heavy atom. The zero-order valence-corrected chi connectivity index (χ0v) is 13.9. The minimum Gasteiger partial charge on any atom is -0.497 e.